The number of rotatable bonds is 5. The van der Waals surface area contributed by atoms with Gasteiger partial charge in [0.1, 0.15) is 5.82 Å². The molecule has 4 nitrogen and oxygen atoms in total. The minimum atomic E-state index is -0.0976. The van der Waals surface area contributed by atoms with Crippen molar-refractivity contribution in [1.29, 1.82) is 0 Å². The van der Waals surface area contributed by atoms with Gasteiger partial charge in [0, 0.05) is 36.8 Å². The van der Waals surface area contributed by atoms with Crippen LogP contribution in [0.4, 0.5) is 5.82 Å². The van der Waals surface area contributed by atoms with E-state index in [1.165, 1.54) is 19.3 Å². The molecule has 0 aliphatic carbocycles. The van der Waals surface area contributed by atoms with E-state index in [4.69, 9.17) is 0 Å². The predicted octanol–water partition coefficient (Wildman–Crippen LogP) is 4.23. The van der Waals surface area contributed by atoms with Gasteiger partial charge in [0.15, 0.2) is 0 Å². The highest BCUT2D eigenvalue weighted by Crippen LogP contribution is 2.23. The van der Waals surface area contributed by atoms with E-state index in [0.29, 0.717) is 6.54 Å². The number of hydrogen-bond acceptors (Lipinski definition) is 4. The highest BCUT2D eigenvalue weighted by molar-refractivity contribution is 9.11. The van der Waals surface area contributed by atoms with Gasteiger partial charge in [-0.25, -0.2) is 4.98 Å². The Balaban J connectivity index is 1.49. The normalized spacial score (nSPS) is 15.0. The molecule has 2 aromatic rings. The van der Waals surface area contributed by atoms with E-state index in [2.05, 4.69) is 31.1 Å². The first-order valence-corrected chi connectivity index (χ1v) is 9.73. The van der Waals surface area contributed by atoms with Gasteiger partial charge in [0.2, 0.25) is 5.91 Å². The van der Waals surface area contributed by atoms with E-state index >= 15 is 0 Å². The third kappa shape index (κ3) is 4.92. The van der Waals surface area contributed by atoms with E-state index in [1.807, 2.05) is 36.5 Å². The molecule has 0 bridgehead atoms. The summed E-state index contributed by atoms with van der Waals surface area (Å²) in [6, 6.07) is 8.03. The molecule has 24 heavy (non-hydrogen) atoms. The van der Waals surface area contributed by atoms with Gasteiger partial charge in [-0.05, 0) is 65.0 Å². The maximum Gasteiger partial charge on any atom is 0.244 e. The zero-order valence-corrected chi connectivity index (χ0v) is 15.8. The number of anilines is 1. The van der Waals surface area contributed by atoms with E-state index in [1.54, 1.807) is 17.4 Å². The first-order valence-electron chi connectivity index (χ1n) is 8.12. The number of carbonyl (C=O) groups excluding carboxylic acids is 1. The summed E-state index contributed by atoms with van der Waals surface area (Å²) in [5.41, 5.74) is 1.01. The molecule has 2 aromatic heterocycles. The van der Waals surface area contributed by atoms with Crippen LogP contribution in [0.3, 0.4) is 0 Å². The van der Waals surface area contributed by atoms with Gasteiger partial charge in [-0.15, -0.1) is 11.3 Å². The molecule has 0 saturated carbocycles. The molecule has 1 aliphatic heterocycles. The van der Waals surface area contributed by atoms with Crippen molar-refractivity contribution in [3.8, 4) is 0 Å². The average molecular weight is 406 g/mol. The number of amides is 1. The van der Waals surface area contributed by atoms with Crippen molar-refractivity contribution < 1.29 is 4.79 Å². The Morgan fingerprint density at radius 3 is 2.75 bits per heavy atom. The van der Waals surface area contributed by atoms with Gasteiger partial charge in [0.05, 0.1) is 3.79 Å². The second-order valence-corrected chi connectivity index (χ2v) is 8.26. The third-order valence-corrected chi connectivity index (χ3v) is 5.54. The summed E-state index contributed by atoms with van der Waals surface area (Å²) in [7, 11) is 0. The average Bonchev–Trinajstić information content (AvgIpc) is 3.05. The summed E-state index contributed by atoms with van der Waals surface area (Å²) in [4.78, 5) is 19.8. The SMILES string of the molecule is O=C(/C=C/c1ccc(Br)s1)NCc1ccc(N2CCCCC2)nc1. The van der Waals surface area contributed by atoms with Crippen LogP contribution >= 0.6 is 27.3 Å². The molecule has 3 rings (SSSR count). The molecule has 0 unspecified atom stereocenters. The summed E-state index contributed by atoms with van der Waals surface area (Å²) in [6.45, 7) is 2.67. The van der Waals surface area contributed by atoms with Gasteiger partial charge in [-0.3, -0.25) is 4.79 Å². The number of nitrogens with one attached hydrogen (secondary N) is 1. The summed E-state index contributed by atoms with van der Waals surface area (Å²) in [5.74, 6) is 0.938. The minimum absolute atomic E-state index is 0.0976. The molecular formula is C18H20BrN3OS. The fraction of sp³-hybridized carbons (Fsp3) is 0.333. The summed E-state index contributed by atoms with van der Waals surface area (Å²) < 4.78 is 1.06. The Morgan fingerprint density at radius 2 is 2.08 bits per heavy atom. The zero-order valence-electron chi connectivity index (χ0n) is 13.4. The predicted molar refractivity (Wildman–Crippen MR) is 103 cm³/mol. The van der Waals surface area contributed by atoms with Crippen LogP contribution in [0.2, 0.25) is 0 Å². The van der Waals surface area contributed by atoms with Crippen molar-refractivity contribution in [2.24, 2.45) is 0 Å². The first kappa shape index (κ1) is 17.2. The summed E-state index contributed by atoms with van der Waals surface area (Å²) in [6.07, 6.45) is 9.04. The first-order chi connectivity index (χ1) is 11.7. The molecule has 126 valence electrons. The Kier molecular flexibility index (Phi) is 6.04. The number of piperidine rings is 1. The molecule has 1 amide bonds. The Morgan fingerprint density at radius 1 is 1.25 bits per heavy atom. The number of thiophene rings is 1. The van der Waals surface area contributed by atoms with Crippen LogP contribution in [0.1, 0.15) is 29.7 Å². The number of hydrogen-bond donors (Lipinski definition) is 1. The van der Waals surface area contributed by atoms with Crippen molar-refractivity contribution in [2.75, 3.05) is 18.0 Å². The lowest BCUT2D eigenvalue weighted by Gasteiger charge is -2.27. The second-order valence-electron chi connectivity index (χ2n) is 5.77. The van der Waals surface area contributed by atoms with Crippen LogP contribution in [0.15, 0.2) is 40.3 Å². The maximum absolute atomic E-state index is 11.9. The standard InChI is InChI=1S/C18H20BrN3OS/c19-16-7-5-15(24-16)6-9-18(23)21-13-14-4-8-17(20-12-14)22-10-2-1-3-11-22/h4-9,12H,1-3,10-11,13H2,(H,21,23)/b9-6+. The molecule has 1 aliphatic rings. The maximum atomic E-state index is 11.9. The number of aromatic nitrogens is 1. The lowest BCUT2D eigenvalue weighted by atomic mass is 10.1. The zero-order chi connectivity index (χ0) is 16.8. The molecule has 0 aromatic carbocycles. The fourth-order valence-electron chi connectivity index (χ4n) is 2.66. The highest BCUT2D eigenvalue weighted by Gasteiger charge is 2.11. The number of carbonyl (C=O) groups is 1. The van der Waals surface area contributed by atoms with Crippen LogP contribution in [-0.4, -0.2) is 24.0 Å². The molecular weight excluding hydrogens is 386 g/mol. The minimum Gasteiger partial charge on any atom is -0.357 e. The molecule has 0 radical (unpaired) electrons. The molecule has 0 atom stereocenters. The second kappa shape index (κ2) is 8.44. The molecule has 0 spiro atoms. The summed E-state index contributed by atoms with van der Waals surface area (Å²) in [5, 5.41) is 2.89. The Bertz CT molecular complexity index is 705. The number of halogens is 1. The highest BCUT2D eigenvalue weighted by atomic mass is 79.9. The topological polar surface area (TPSA) is 45.2 Å². The van der Waals surface area contributed by atoms with Crippen LogP contribution in [0.5, 0.6) is 0 Å². The van der Waals surface area contributed by atoms with Gasteiger partial charge in [-0.1, -0.05) is 6.07 Å². The molecule has 3 heterocycles. The Labute approximate surface area is 154 Å². The molecule has 1 saturated heterocycles. The van der Waals surface area contributed by atoms with Crippen LogP contribution < -0.4 is 10.2 Å². The largest absolute Gasteiger partial charge is 0.357 e. The van der Waals surface area contributed by atoms with Gasteiger partial charge >= 0.3 is 0 Å². The fourth-order valence-corrected chi connectivity index (χ4v) is 3.98. The van der Waals surface area contributed by atoms with E-state index in [9.17, 15) is 4.79 Å². The van der Waals surface area contributed by atoms with E-state index < -0.39 is 0 Å². The lowest BCUT2D eigenvalue weighted by molar-refractivity contribution is -0.116. The number of nitrogens with zero attached hydrogens (tertiary/aromatic N) is 2. The molecule has 1 N–H and O–H groups in total. The van der Waals surface area contributed by atoms with Crippen LogP contribution in [0.25, 0.3) is 6.08 Å². The molecule has 6 heteroatoms. The smallest absolute Gasteiger partial charge is 0.244 e. The van der Waals surface area contributed by atoms with Crippen molar-refractivity contribution in [1.82, 2.24) is 10.3 Å². The monoisotopic (exact) mass is 405 g/mol. The van der Waals surface area contributed by atoms with Crippen LogP contribution in [0, 0.1) is 0 Å². The van der Waals surface area contributed by atoms with E-state index in [-0.39, 0.29) is 5.91 Å². The van der Waals surface area contributed by atoms with Crippen LogP contribution in [-0.2, 0) is 11.3 Å². The van der Waals surface area contributed by atoms with Crippen molar-refractivity contribution in [3.63, 3.8) is 0 Å². The van der Waals surface area contributed by atoms with Gasteiger partial charge in [-0.2, -0.15) is 0 Å². The van der Waals surface area contributed by atoms with E-state index in [0.717, 1.165) is 33.1 Å². The van der Waals surface area contributed by atoms with Crippen molar-refractivity contribution >= 4 is 45.1 Å². The third-order valence-electron chi connectivity index (χ3n) is 3.95. The summed E-state index contributed by atoms with van der Waals surface area (Å²) >= 11 is 5.00. The number of pyridine rings is 1. The van der Waals surface area contributed by atoms with Gasteiger partial charge in [0.25, 0.3) is 0 Å². The molecule has 1 fully saturated rings. The van der Waals surface area contributed by atoms with Gasteiger partial charge < -0.3 is 10.2 Å². The Hall–Kier alpha value is -1.66. The lowest BCUT2D eigenvalue weighted by Crippen LogP contribution is -2.30. The van der Waals surface area contributed by atoms with Crippen molar-refractivity contribution in [3.05, 3.63) is 50.8 Å². The van der Waals surface area contributed by atoms with Crippen molar-refractivity contribution in [2.45, 2.75) is 25.8 Å². The quantitative estimate of drug-likeness (QED) is 0.757.